The topological polar surface area (TPSA) is 74.0 Å². The maximum Gasteiger partial charge on any atom is 0.203 e. The summed E-state index contributed by atoms with van der Waals surface area (Å²) in [7, 11) is -3.70. The molecule has 5 nitrogen and oxygen atoms in total. The molecule has 0 aliphatic heterocycles. The zero-order valence-electron chi connectivity index (χ0n) is 11.5. The number of aromatic nitrogens is 2. The third kappa shape index (κ3) is 3.41. The minimum absolute atomic E-state index is 0.180. The van der Waals surface area contributed by atoms with Crippen molar-refractivity contribution in [2.45, 2.75) is 42.9 Å². The summed E-state index contributed by atoms with van der Waals surface area (Å²) in [5.74, 6) is 0.416. The highest BCUT2D eigenvalue weighted by Crippen LogP contribution is 2.38. The molecule has 1 fully saturated rings. The quantitative estimate of drug-likeness (QED) is 0.853. The molecule has 0 saturated heterocycles. The van der Waals surface area contributed by atoms with E-state index in [9.17, 15) is 8.42 Å². The van der Waals surface area contributed by atoms with Crippen LogP contribution in [0.15, 0.2) is 35.2 Å². The molecular formula is C14H16N3O2S2-. The van der Waals surface area contributed by atoms with Gasteiger partial charge in [-0.3, -0.25) is 5.10 Å². The highest BCUT2D eigenvalue weighted by Gasteiger charge is 2.18. The van der Waals surface area contributed by atoms with E-state index < -0.39 is 10.0 Å². The first kappa shape index (κ1) is 14.5. The molecule has 1 aliphatic carbocycles. The first-order chi connectivity index (χ1) is 10.1. The number of rotatable bonds is 4. The Morgan fingerprint density at radius 3 is 2.48 bits per heavy atom. The second-order valence-electron chi connectivity index (χ2n) is 5.14. The average Bonchev–Trinajstić information content (AvgIpc) is 2.97. The molecule has 7 heteroatoms. The third-order valence-electron chi connectivity index (χ3n) is 3.62. The van der Waals surface area contributed by atoms with Gasteiger partial charge < -0.3 is 9.82 Å². The number of hydrogen-bond acceptors (Lipinski definition) is 5. The largest absolute Gasteiger partial charge is 0.342 e. The van der Waals surface area contributed by atoms with Crippen molar-refractivity contribution >= 4 is 26.5 Å². The Balaban J connectivity index is 1.75. The molecular weight excluding hydrogens is 306 g/mol. The van der Waals surface area contributed by atoms with E-state index >= 15 is 0 Å². The minimum atomic E-state index is -3.70. The van der Waals surface area contributed by atoms with E-state index in [1.165, 1.54) is 42.7 Å². The molecule has 1 aromatic carbocycles. The first-order valence-corrected chi connectivity index (χ1v) is 9.27. The van der Waals surface area contributed by atoms with Crippen LogP contribution in [-0.2, 0) is 10.0 Å². The van der Waals surface area contributed by atoms with Gasteiger partial charge in [-0.15, -0.1) is 11.3 Å². The lowest BCUT2D eigenvalue weighted by Crippen LogP contribution is -2.03. The van der Waals surface area contributed by atoms with Crippen LogP contribution in [0.3, 0.4) is 0 Å². The Bertz CT molecular complexity index is 692. The molecule has 0 unspecified atom stereocenters. The lowest BCUT2D eigenvalue weighted by molar-refractivity contribution is 0.440. The Kier molecular flexibility index (Phi) is 4.21. The van der Waals surface area contributed by atoms with E-state index in [0.29, 0.717) is 5.92 Å². The van der Waals surface area contributed by atoms with Gasteiger partial charge in [-0.25, -0.2) is 8.42 Å². The summed E-state index contributed by atoms with van der Waals surface area (Å²) in [6, 6.07) is 8.18. The third-order valence-corrected chi connectivity index (χ3v) is 6.00. The SMILES string of the molecule is O=S(=O)([N-]c1nnc(C2CCCCC2)s1)c1ccccc1. The van der Waals surface area contributed by atoms with Crippen LogP contribution >= 0.6 is 11.3 Å². The van der Waals surface area contributed by atoms with Gasteiger partial charge in [-0.2, -0.15) is 0 Å². The van der Waals surface area contributed by atoms with Gasteiger partial charge in [-0.05, 0) is 25.0 Å². The molecule has 1 saturated carbocycles. The molecule has 0 radical (unpaired) electrons. The van der Waals surface area contributed by atoms with E-state index in [4.69, 9.17) is 0 Å². The van der Waals surface area contributed by atoms with Gasteiger partial charge >= 0.3 is 0 Å². The van der Waals surface area contributed by atoms with Gasteiger partial charge in [0.15, 0.2) is 0 Å². The van der Waals surface area contributed by atoms with Gasteiger partial charge in [-0.1, -0.05) is 37.5 Å². The smallest absolute Gasteiger partial charge is 0.203 e. The van der Waals surface area contributed by atoms with E-state index in [0.717, 1.165) is 17.8 Å². The summed E-state index contributed by atoms with van der Waals surface area (Å²) in [5, 5.41) is 9.19. The highest BCUT2D eigenvalue weighted by molar-refractivity contribution is 7.94. The summed E-state index contributed by atoms with van der Waals surface area (Å²) >= 11 is 1.29. The molecule has 21 heavy (non-hydrogen) atoms. The van der Waals surface area contributed by atoms with E-state index in [-0.39, 0.29) is 10.0 Å². The Morgan fingerprint density at radius 1 is 1.05 bits per heavy atom. The van der Waals surface area contributed by atoms with E-state index in [1.54, 1.807) is 18.2 Å². The Hall–Kier alpha value is -1.47. The van der Waals surface area contributed by atoms with Crippen LogP contribution in [0.25, 0.3) is 4.72 Å². The second kappa shape index (κ2) is 6.11. The van der Waals surface area contributed by atoms with Crippen LogP contribution in [0.4, 0.5) is 5.13 Å². The second-order valence-corrected chi connectivity index (χ2v) is 7.73. The van der Waals surface area contributed by atoms with Crippen LogP contribution in [-0.4, -0.2) is 18.6 Å². The fourth-order valence-corrected chi connectivity index (χ4v) is 4.57. The van der Waals surface area contributed by atoms with Gasteiger partial charge in [0.1, 0.15) is 0 Å². The van der Waals surface area contributed by atoms with Crippen LogP contribution in [0.5, 0.6) is 0 Å². The van der Waals surface area contributed by atoms with Crippen molar-refractivity contribution in [3.05, 3.63) is 40.1 Å². The molecule has 3 rings (SSSR count). The monoisotopic (exact) mass is 322 g/mol. The molecule has 0 spiro atoms. The molecule has 0 atom stereocenters. The van der Waals surface area contributed by atoms with Crippen molar-refractivity contribution < 1.29 is 8.42 Å². The molecule has 112 valence electrons. The standard InChI is InChI=1S/C14H16N3O2S2/c18-21(19,12-9-5-2-6-10-12)17-14-16-15-13(20-14)11-7-3-1-4-8-11/h2,5-6,9-11H,1,3-4,7-8H2/q-1. The summed E-state index contributed by atoms with van der Waals surface area (Å²) in [6.07, 6.45) is 5.91. The zero-order valence-corrected chi connectivity index (χ0v) is 13.1. The fraction of sp³-hybridized carbons (Fsp3) is 0.429. The van der Waals surface area contributed by atoms with Crippen LogP contribution < -0.4 is 0 Å². The first-order valence-electron chi connectivity index (χ1n) is 7.01. The number of hydrogen-bond donors (Lipinski definition) is 0. The molecule has 1 heterocycles. The molecule has 0 N–H and O–H groups in total. The lowest BCUT2D eigenvalue weighted by Gasteiger charge is -2.19. The number of nitrogens with zero attached hydrogens (tertiary/aromatic N) is 3. The minimum Gasteiger partial charge on any atom is -0.342 e. The summed E-state index contributed by atoms with van der Waals surface area (Å²) in [6.45, 7) is 0. The molecule has 2 aromatic rings. The average molecular weight is 322 g/mol. The van der Waals surface area contributed by atoms with Gasteiger partial charge in [0.05, 0.1) is 9.90 Å². The Labute approximate surface area is 128 Å². The van der Waals surface area contributed by atoms with Crippen molar-refractivity contribution in [3.8, 4) is 0 Å². The molecule has 0 amide bonds. The predicted molar refractivity (Wildman–Crippen MR) is 82.4 cm³/mol. The lowest BCUT2D eigenvalue weighted by atomic mass is 9.90. The van der Waals surface area contributed by atoms with Gasteiger partial charge in [0.25, 0.3) is 0 Å². The maximum absolute atomic E-state index is 12.2. The predicted octanol–water partition coefficient (Wildman–Crippen LogP) is 3.98. The van der Waals surface area contributed by atoms with Gasteiger partial charge in [0, 0.05) is 11.0 Å². The number of benzene rings is 1. The van der Waals surface area contributed by atoms with Crippen molar-refractivity contribution in [1.82, 2.24) is 10.2 Å². The summed E-state index contributed by atoms with van der Waals surface area (Å²) in [4.78, 5) is 0.180. The maximum atomic E-state index is 12.2. The van der Waals surface area contributed by atoms with Crippen LogP contribution in [0.1, 0.15) is 43.0 Å². The molecule has 1 aliphatic rings. The van der Waals surface area contributed by atoms with E-state index in [2.05, 4.69) is 14.9 Å². The normalized spacial score (nSPS) is 16.8. The fourth-order valence-electron chi connectivity index (χ4n) is 2.53. The molecule has 0 bridgehead atoms. The number of sulfonamides is 1. The van der Waals surface area contributed by atoms with Crippen LogP contribution in [0.2, 0.25) is 0 Å². The summed E-state index contributed by atoms with van der Waals surface area (Å²) in [5.41, 5.74) is 0. The van der Waals surface area contributed by atoms with Crippen molar-refractivity contribution in [2.75, 3.05) is 0 Å². The molecule has 1 aromatic heterocycles. The van der Waals surface area contributed by atoms with Gasteiger partial charge in [0.2, 0.25) is 10.0 Å². The van der Waals surface area contributed by atoms with Crippen molar-refractivity contribution in [1.29, 1.82) is 0 Å². The van der Waals surface area contributed by atoms with Crippen molar-refractivity contribution in [3.63, 3.8) is 0 Å². The van der Waals surface area contributed by atoms with Crippen LogP contribution in [0, 0.1) is 0 Å². The van der Waals surface area contributed by atoms with Crippen molar-refractivity contribution in [2.24, 2.45) is 0 Å². The summed E-state index contributed by atoms with van der Waals surface area (Å²) < 4.78 is 28.1. The zero-order chi connectivity index (χ0) is 14.7. The Morgan fingerprint density at radius 2 is 1.76 bits per heavy atom. The highest BCUT2D eigenvalue weighted by atomic mass is 32.2. The van der Waals surface area contributed by atoms with E-state index in [1.807, 2.05) is 0 Å².